The molecule has 0 aromatic heterocycles. The van der Waals surface area contributed by atoms with E-state index in [2.05, 4.69) is 6.92 Å². The van der Waals surface area contributed by atoms with Crippen molar-refractivity contribution in [1.29, 1.82) is 0 Å². The fourth-order valence-electron chi connectivity index (χ4n) is 2.15. The Morgan fingerprint density at radius 2 is 2.08 bits per heavy atom. The van der Waals surface area contributed by atoms with Crippen LogP contribution in [-0.4, -0.2) is 24.5 Å². The molecule has 3 unspecified atom stereocenters. The van der Waals surface area contributed by atoms with Crippen LogP contribution in [0.3, 0.4) is 0 Å². The van der Waals surface area contributed by atoms with Gasteiger partial charge in [-0.15, -0.1) is 0 Å². The van der Waals surface area contributed by atoms with Crippen LogP contribution in [0.4, 0.5) is 0 Å². The normalized spacial score (nSPS) is 47.5. The molecule has 12 heavy (non-hydrogen) atoms. The van der Waals surface area contributed by atoms with E-state index in [1.807, 2.05) is 0 Å². The number of ether oxygens (including phenoxy) is 2. The van der Waals surface area contributed by atoms with Crippen molar-refractivity contribution in [2.24, 2.45) is 5.73 Å². The minimum absolute atomic E-state index is 0.232. The lowest BCUT2D eigenvalue weighted by molar-refractivity contribution is -0.211. The Morgan fingerprint density at radius 1 is 1.33 bits per heavy atom. The van der Waals surface area contributed by atoms with Gasteiger partial charge >= 0.3 is 0 Å². The summed E-state index contributed by atoms with van der Waals surface area (Å²) in [6.45, 7) is 2.73. The highest BCUT2D eigenvalue weighted by atomic mass is 16.7. The van der Waals surface area contributed by atoms with E-state index in [4.69, 9.17) is 15.2 Å². The zero-order valence-corrected chi connectivity index (χ0v) is 7.58. The van der Waals surface area contributed by atoms with Crippen molar-refractivity contribution in [2.75, 3.05) is 6.54 Å². The van der Waals surface area contributed by atoms with Gasteiger partial charge in [0.05, 0.1) is 12.2 Å². The first-order chi connectivity index (χ1) is 5.74. The zero-order valence-electron chi connectivity index (χ0n) is 7.58. The third-order valence-electron chi connectivity index (χ3n) is 2.84. The molecule has 0 aliphatic carbocycles. The summed E-state index contributed by atoms with van der Waals surface area (Å²) in [5, 5.41) is 0. The predicted molar refractivity (Wildman–Crippen MR) is 45.7 cm³/mol. The highest BCUT2D eigenvalue weighted by Gasteiger charge is 2.45. The molecule has 2 aliphatic rings. The summed E-state index contributed by atoms with van der Waals surface area (Å²) < 4.78 is 11.5. The van der Waals surface area contributed by atoms with Gasteiger partial charge in [0.25, 0.3) is 0 Å². The molecule has 0 saturated carbocycles. The topological polar surface area (TPSA) is 44.5 Å². The summed E-state index contributed by atoms with van der Waals surface area (Å²) in [5.74, 6) is -0.247. The lowest BCUT2D eigenvalue weighted by atomic mass is 10.1. The standard InChI is InChI=1S/C9H17NO2/c1-7-2-4-9(11-7)5-3-8(6-10)12-9/h7-8H,2-6,10H2,1H3. The van der Waals surface area contributed by atoms with Crippen LogP contribution in [0.15, 0.2) is 0 Å². The van der Waals surface area contributed by atoms with Crippen molar-refractivity contribution in [3.8, 4) is 0 Å². The second-order valence-corrected chi connectivity index (χ2v) is 3.89. The summed E-state index contributed by atoms with van der Waals surface area (Å²) in [6.07, 6.45) is 4.85. The molecule has 0 aromatic carbocycles. The highest BCUT2D eigenvalue weighted by Crippen LogP contribution is 2.41. The Hall–Kier alpha value is -0.120. The van der Waals surface area contributed by atoms with Crippen molar-refractivity contribution in [1.82, 2.24) is 0 Å². The Bertz CT molecular complexity index is 174. The molecule has 0 aromatic rings. The SMILES string of the molecule is CC1CCC2(CCC(CN)O2)O1. The molecular formula is C9H17NO2. The average Bonchev–Trinajstić information content (AvgIpc) is 2.61. The molecule has 2 rings (SSSR count). The van der Waals surface area contributed by atoms with E-state index in [1.54, 1.807) is 0 Å². The lowest BCUT2D eigenvalue weighted by Gasteiger charge is -2.23. The predicted octanol–water partition coefficient (Wildman–Crippen LogP) is 1.02. The third kappa shape index (κ3) is 1.37. The first-order valence-corrected chi connectivity index (χ1v) is 4.80. The van der Waals surface area contributed by atoms with Gasteiger partial charge in [-0.25, -0.2) is 0 Å². The first-order valence-electron chi connectivity index (χ1n) is 4.80. The van der Waals surface area contributed by atoms with Gasteiger partial charge in [0, 0.05) is 19.4 Å². The summed E-state index contributed by atoms with van der Waals surface area (Å²) in [7, 11) is 0. The van der Waals surface area contributed by atoms with Crippen LogP contribution in [0, 0.1) is 0 Å². The maximum absolute atomic E-state index is 5.78. The summed E-state index contributed by atoms with van der Waals surface area (Å²) in [4.78, 5) is 0. The first kappa shape index (κ1) is 8.48. The van der Waals surface area contributed by atoms with Crippen molar-refractivity contribution < 1.29 is 9.47 Å². The summed E-state index contributed by atoms with van der Waals surface area (Å²) >= 11 is 0. The Kier molecular flexibility index (Phi) is 2.10. The minimum Gasteiger partial charge on any atom is -0.347 e. The highest BCUT2D eigenvalue weighted by molar-refractivity contribution is 4.87. The summed E-state index contributed by atoms with van der Waals surface area (Å²) in [5.41, 5.74) is 5.54. The number of hydrogen-bond acceptors (Lipinski definition) is 3. The number of hydrogen-bond donors (Lipinski definition) is 1. The molecule has 3 nitrogen and oxygen atoms in total. The van der Waals surface area contributed by atoms with Crippen LogP contribution in [0.5, 0.6) is 0 Å². The number of nitrogens with two attached hydrogens (primary N) is 1. The molecule has 70 valence electrons. The smallest absolute Gasteiger partial charge is 0.169 e. The van der Waals surface area contributed by atoms with Gasteiger partial charge in [-0.3, -0.25) is 0 Å². The lowest BCUT2D eigenvalue weighted by Crippen LogP contribution is -2.31. The van der Waals surface area contributed by atoms with Gasteiger partial charge in [0.1, 0.15) is 0 Å². The van der Waals surface area contributed by atoms with E-state index in [0.29, 0.717) is 12.6 Å². The fraction of sp³-hybridized carbons (Fsp3) is 1.00. The van der Waals surface area contributed by atoms with Crippen LogP contribution in [-0.2, 0) is 9.47 Å². The zero-order chi connectivity index (χ0) is 8.60. The van der Waals surface area contributed by atoms with Crippen LogP contribution in [0.25, 0.3) is 0 Å². The van der Waals surface area contributed by atoms with E-state index in [1.165, 1.54) is 0 Å². The molecule has 2 heterocycles. The minimum atomic E-state index is -0.247. The van der Waals surface area contributed by atoms with Crippen molar-refractivity contribution in [3.63, 3.8) is 0 Å². The maximum atomic E-state index is 5.78. The van der Waals surface area contributed by atoms with Gasteiger partial charge in [0.15, 0.2) is 5.79 Å². The average molecular weight is 171 g/mol. The van der Waals surface area contributed by atoms with Gasteiger partial charge in [-0.05, 0) is 19.8 Å². The molecule has 1 spiro atoms. The fourth-order valence-corrected chi connectivity index (χ4v) is 2.15. The van der Waals surface area contributed by atoms with Crippen molar-refractivity contribution in [2.45, 2.75) is 50.6 Å². The monoisotopic (exact) mass is 171 g/mol. The Labute approximate surface area is 73.2 Å². The molecule has 2 saturated heterocycles. The molecule has 2 N–H and O–H groups in total. The third-order valence-corrected chi connectivity index (χ3v) is 2.84. The largest absolute Gasteiger partial charge is 0.347 e. The second kappa shape index (κ2) is 2.98. The van der Waals surface area contributed by atoms with Gasteiger partial charge in [0.2, 0.25) is 0 Å². The van der Waals surface area contributed by atoms with E-state index in [-0.39, 0.29) is 11.9 Å². The van der Waals surface area contributed by atoms with Gasteiger partial charge < -0.3 is 15.2 Å². The van der Waals surface area contributed by atoms with E-state index >= 15 is 0 Å². The molecular weight excluding hydrogens is 154 g/mol. The van der Waals surface area contributed by atoms with Crippen molar-refractivity contribution >= 4 is 0 Å². The molecule has 2 aliphatic heterocycles. The number of rotatable bonds is 1. The Morgan fingerprint density at radius 3 is 2.58 bits per heavy atom. The van der Waals surface area contributed by atoms with E-state index in [0.717, 1.165) is 25.7 Å². The molecule has 3 heteroatoms. The van der Waals surface area contributed by atoms with Crippen LogP contribution < -0.4 is 5.73 Å². The van der Waals surface area contributed by atoms with Crippen molar-refractivity contribution in [3.05, 3.63) is 0 Å². The molecule has 0 radical (unpaired) electrons. The quantitative estimate of drug-likeness (QED) is 0.640. The Balaban J connectivity index is 1.97. The van der Waals surface area contributed by atoms with Crippen LogP contribution in [0.1, 0.15) is 32.6 Å². The summed E-state index contributed by atoms with van der Waals surface area (Å²) in [6, 6.07) is 0. The van der Waals surface area contributed by atoms with E-state index < -0.39 is 0 Å². The molecule has 3 atom stereocenters. The molecule has 0 amide bonds. The van der Waals surface area contributed by atoms with Crippen LogP contribution in [0.2, 0.25) is 0 Å². The van der Waals surface area contributed by atoms with Gasteiger partial charge in [-0.1, -0.05) is 0 Å². The molecule has 0 bridgehead atoms. The second-order valence-electron chi connectivity index (χ2n) is 3.89. The van der Waals surface area contributed by atoms with Gasteiger partial charge in [-0.2, -0.15) is 0 Å². The van der Waals surface area contributed by atoms with Crippen LogP contribution >= 0.6 is 0 Å². The maximum Gasteiger partial charge on any atom is 0.169 e. The molecule has 2 fully saturated rings. The van der Waals surface area contributed by atoms with E-state index in [9.17, 15) is 0 Å².